The van der Waals surface area contributed by atoms with Gasteiger partial charge >= 0.3 is 0 Å². The van der Waals surface area contributed by atoms with E-state index in [4.69, 9.17) is 5.73 Å². The first-order valence-corrected chi connectivity index (χ1v) is 10.3. The Hall–Kier alpha value is -1.76. The van der Waals surface area contributed by atoms with Gasteiger partial charge in [-0.3, -0.25) is 9.69 Å². The lowest BCUT2D eigenvalue weighted by molar-refractivity contribution is -0.140. The first-order valence-electron chi connectivity index (χ1n) is 9.40. The third-order valence-electron chi connectivity index (χ3n) is 5.52. The number of carbonyl (C=O) groups excluding carboxylic acids is 1. The van der Waals surface area contributed by atoms with Crippen molar-refractivity contribution in [2.75, 3.05) is 19.6 Å². The van der Waals surface area contributed by atoms with E-state index in [1.807, 2.05) is 10.9 Å². The molecule has 3 fully saturated rings. The molecule has 3 aliphatic heterocycles. The first-order chi connectivity index (χ1) is 12.7. The van der Waals surface area contributed by atoms with E-state index in [1.54, 1.807) is 11.3 Å². The maximum absolute atomic E-state index is 12.9. The molecule has 6 heteroatoms. The minimum Gasteiger partial charge on any atom is -0.332 e. The highest BCUT2D eigenvalue weighted by atomic mass is 32.1. The number of benzene rings is 1. The van der Waals surface area contributed by atoms with E-state index in [9.17, 15) is 4.79 Å². The monoisotopic (exact) mass is 370 g/mol. The Bertz CT molecular complexity index is 748. The smallest absolute Gasteiger partial charge is 0.227 e. The van der Waals surface area contributed by atoms with Crippen LogP contribution in [0.1, 0.15) is 29.7 Å². The maximum Gasteiger partial charge on any atom is 0.227 e. The van der Waals surface area contributed by atoms with Gasteiger partial charge in [-0.05, 0) is 36.9 Å². The summed E-state index contributed by atoms with van der Waals surface area (Å²) in [6, 6.07) is 9.00. The Labute approximate surface area is 158 Å². The summed E-state index contributed by atoms with van der Waals surface area (Å²) in [5.41, 5.74) is 11.2. The summed E-state index contributed by atoms with van der Waals surface area (Å²) in [7, 11) is 0. The fourth-order valence-electron chi connectivity index (χ4n) is 4.27. The minimum atomic E-state index is 0.125. The molecule has 4 heterocycles. The molecule has 0 spiro atoms. The van der Waals surface area contributed by atoms with E-state index < -0.39 is 0 Å². The number of nitrogens with two attached hydrogens (primary N) is 1. The quantitative estimate of drug-likeness (QED) is 0.847. The fraction of sp³-hybridized carbons (Fsp3) is 0.500. The number of hydrogen-bond acceptors (Lipinski definition) is 5. The van der Waals surface area contributed by atoms with Crippen molar-refractivity contribution in [2.24, 2.45) is 11.7 Å². The predicted octanol–water partition coefficient (Wildman–Crippen LogP) is 2.27. The molecule has 138 valence electrons. The molecule has 1 aromatic heterocycles. The van der Waals surface area contributed by atoms with Crippen LogP contribution in [0.2, 0.25) is 0 Å². The van der Waals surface area contributed by atoms with Crippen LogP contribution in [0, 0.1) is 5.92 Å². The van der Waals surface area contributed by atoms with E-state index in [-0.39, 0.29) is 5.92 Å². The zero-order chi connectivity index (χ0) is 17.9. The van der Waals surface area contributed by atoms with E-state index in [0.29, 0.717) is 25.0 Å². The number of amides is 1. The van der Waals surface area contributed by atoms with Gasteiger partial charge in [0.25, 0.3) is 0 Å². The van der Waals surface area contributed by atoms with Crippen molar-refractivity contribution in [3.05, 3.63) is 52.0 Å². The number of nitrogens with zero attached hydrogens (tertiary/aromatic N) is 3. The van der Waals surface area contributed by atoms with Crippen molar-refractivity contribution >= 4 is 17.2 Å². The topological polar surface area (TPSA) is 62.5 Å². The molecule has 3 saturated heterocycles. The van der Waals surface area contributed by atoms with Crippen LogP contribution in [0.25, 0.3) is 0 Å². The molecule has 3 aliphatic rings. The molecule has 0 radical (unpaired) electrons. The number of aromatic nitrogens is 1. The van der Waals surface area contributed by atoms with Gasteiger partial charge in [0.05, 0.1) is 23.7 Å². The zero-order valence-electron chi connectivity index (χ0n) is 15.0. The second-order valence-corrected chi connectivity index (χ2v) is 8.15. The number of piperidine rings is 1. The van der Waals surface area contributed by atoms with Crippen molar-refractivity contribution in [2.45, 2.75) is 38.4 Å². The van der Waals surface area contributed by atoms with Crippen molar-refractivity contribution in [1.29, 1.82) is 0 Å². The van der Waals surface area contributed by atoms with Gasteiger partial charge in [-0.25, -0.2) is 4.98 Å². The molecule has 0 aliphatic carbocycles. The summed E-state index contributed by atoms with van der Waals surface area (Å²) in [5, 5.41) is 2.05. The lowest BCUT2D eigenvalue weighted by Crippen LogP contribution is -2.47. The zero-order valence-corrected chi connectivity index (χ0v) is 15.8. The third kappa shape index (κ3) is 3.82. The van der Waals surface area contributed by atoms with Crippen LogP contribution >= 0.6 is 11.3 Å². The van der Waals surface area contributed by atoms with Gasteiger partial charge in [-0.15, -0.1) is 11.3 Å². The van der Waals surface area contributed by atoms with Crippen LogP contribution in [0.4, 0.5) is 0 Å². The summed E-state index contributed by atoms with van der Waals surface area (Å²) >= 11 is 1.59. The van der Waals surface area contributed by atoms with Crippen LogP contribution in [0.3, 0.4) is 0 Å². The summed E-state index contributed by atoms with van der Waals surface area (Å²) in [6.07, 6.45) is 3.03. The molecule has 2 aromatic rings. The third-order valence-corrected chi connectivity index (χ3v) is 6.15. The van der Waals surface area contributed by atoms with Gasteiger partial charge < -0.3 is 10.6 Å². The summed E-state index contributed by atoms with van der Waals surface area (Å²) in [5.74, 6) is 0.438. The summed E-state index contributed by atoms with van der Waals surface area (Å²) < 4.78 is 0. The Balaban J connectivity index is 1.47. The Morgan fingerprint density at radius 2 is 2.08 bits per heavy atom. The van der Waals surface area contributed by atoms with Crippen LogP contribution in [-0.2, 0) is 24.3 Å². The molecular formula is C20H26N4OS. The molecule has 2 N–H and O–H groups in total. The molecule has 5 nitrogen and oxygen atoms in total. The molecule has 5 rings (SSSR count). The van der Waals surface area contributed by atoms with E-state index in [0.717, 1.165) is 44.6 Å². The molecule has 0 unspecified atom stereocenters. The molecule has 0 saturated carbocycles. The highest BCUT2D eigenvalue weighted by Crippen LogP contribution is 2.31. The van der Waals surface area contributed by atoms with Crippen molar-refractivity contribution in [3.8, 4) is 0 Å². The molecular weight excluding hydrogens is 344 g/mol. The van der Waals surface area contributed by atoms with Gasteiger partial charge in [0.15, 0.2) is 0 Å². The summed E-state index contributed by atoms with van der Waals surface area (Å²) in [6.45, 7) is 4.06. The summed E-state index contributed by atoms with van der Waals surface area (Å²) in [4.78, 5) is 21.8. The first kappa shape index (κ1) is 17.6. The minimum absolute atomic E-state index is 0.125. The van der Waals surface area contributed by atoms with E-state index in [2.05, 4.69) is 39.0 Å². The van der Waals surface area contributed by atoms with Crippen molar-refractivity contribution in [3.63, 3.8) is 0 Å². The van der Waals surface area contributed by atoms with Gasteiger partial charge in [0.1, 0.15) is 0 Å². The Morgan fingerprint density at radius 1 is 1.19 bits per heavy atom. The van der Waals surface area contributed by atoms with Gasteiger partial charge in [0, 0.05) is 31.1 Å². The average Bonchev–Trinajstić information content (AvgIpc) is 3.01. The molecule has 26 heavy (non-hydrogen) atoms. The number of carbonyl (C=O) groups is 1. The fourth-order valence-corrected chi connectivity index (χ4v) is 4.82. The van der Waals surface area contributed by atoms with Crippen LogP contribution in [0.5, 0.6) is 0 Å². The normalized spacial score (nSPS) is 23.4. The molecule has 2 atom stereocenters. The van der Waals surface area contributed by atoms with Crippen LogP contribution in [-0.4, -0.2) is 46.4 Å². The lowest BCUT2D eigenvalue weighted by atomic mass is 9.94. The largest absolute Gasteiger partial charge is 0.332 e. The average molecular weight is 371 g/mol. The molecule has 1 aromatic carbocycles. The number of hydrogen-bond donors (Lipinski definition) is 1. The number of fused-ring (bicyclic) bond motifs is 4. The Kier molecular flexibility index (Phi) is 5.33. The van der Waals surface area contributed by atoms with Gasteiger partial charge in [-0.1, -0.05) is 24.3 Å². The lowest BCUT2D eigenvalue weighted by Gasteiger charge is -2.35. The van der Waals surface area contributed by atoms with Crippen LogP contribution in [0.15, 0.2) is 35.2 Å². The highest BCUT2D eigenvalue weighted by molar-refractivity contribution is 7.07. The number of thiazole rings is 1. The molecule has 2 bridgehead atoms. The van der Waals surface area contributed by atoms with E-state index in [1.165, 1.54) is 11.1 Å². The van der Waals surface area contributed by atoms with Crippen LogP contribution < -0.4 is 5.73 Å². The second kappa shape index (κ2) is 7.86. The maximum atomic E-state index is 12.9. The predicted molar refractivity (Wildman–Crippen MR) is 104 cm³/mol. The van der Waals surface area contributed by atoms with Gasteiger partial charge in [-0.2, -0.15) is 0 Å². The van der Waals surface area contributed by atoms with Crippen molar-refractivity contribution in [1.82, 2.24) is 14.8 Å². The number of rotatable bonds is 6. The SMILES string of the molecule is NCCc1cccc(CN2C[C@@H]3CC[C@H](C2)N(Cc2cscn2)C3=O)c1. The van der Waals surface area contributed by atoms with E-state index >= 15 is 0 Å². The Morgan fingerprint density at radius 3 is 2.88 bits per heavy atom. The van der Waals surface area contributed by atoms with Gasteiger partial charge in [0.2, 0.25) is 5.91 Å². The molecule has 1 amide bonds. The second-order valence-electron chi connectivity index (χ2n) is 7.43. The highest BCUT2D eigenvalue weighted by Gasteiger charge is 2.40. The van der Waals surface area contributed by atoms with Crippen molar-refractivity contribution < 1.29 is 4.79 Å². The standard InChI is InChI=1S/C20H26N4OS/c21-7-6-15-2-1-3-16(8-15)9-23-10-17-4-5-19(12-23)24(20(17)25)11-18-13-26-14-22-18/h1-3,8,13-14,17,19H,4-7,9-12,21H2/t17-,19+/m0/s1.